The van der Waals surface area contributed by atoms with Crippen molar-refractivity contribution in [2.45, 2.75) is 32.1 Å². The molecule has 0 radical (unpaired) electrons. The summed E-state index contributed by atoms with van der Waals surface area (Å²) in [6, 6.07) is 14.3. The molecule has 1 fully saturated rings. The zero-order valence-corrected chi connectivity index (χ0v) is 24.0. The van der Waals surface area contributed by atoms with Crippen LogP contribution in [0.3, 0.4) is 0 Å². The lowest BCUT2D eigenvalue weighted by atomic mass is 9.85. The number of rotatable bonds is 7. The van der Waals surface area contributed by atoms with Gasteiger partial charge in [0.1, 0.15) is 28.9 Å². The molecule has 0 atom stereocenters. The molecule has 0 bridgehead atoms. The number of hydrogen-bond acceptors (Lipinski definition) is 7. The minimum Gasteiger partial charge on any atom is -0.454 e. The van der Waals surface area contributed by atoms with Crippen LogP contribution in [0.4, 0.5) is 15.2 Å². The predicted octanol–water partition coefficient (Wildman–Crippen LogP) is 7.81. The molecule has 4 aromatic rings. The lowest BCUT2D eigenvalue weighted by Crippen LogP contribution is -2.19. The monoisotopic (exact) mass is 607 g/mol. The smallest absolute Gasteiger partial charge is 0.257 e. The number of carbonyl (C=O) groups is 2. The molecule has 2 amide bonds. The van der Waals surface area contributed by atoms with Crippen LogP contribution in [0.25, 0.3) is 10.2 Å². The predicted molar refractivity (Wildman–Crippen MR) is 155 cm³/mol. The molecule has 1 aliphatic rings. The molecule has 41 heavy (non-hydrogen) atoms. The van der Waals surface area contributed by atoms with Crippen molar-refractivity contribution in [3.05, 3.63) is 75.0 Å². The first-order chi connectivity index (χ1) is 19.5. The molecule has 1 heterocycles. The van der Waals surface area contributed by atoms with Crippen LogP contribution in [-0.4, -0.2) is 16.8 Å². The molecule has 0 aliphatic heterocycles. The Kier molecular flexibility index (Phi) is 7.58. The summed E-state index contributed by atoms with van der Waals surface area (Å²) in [6.07, 6.45) is 1.69. The van der Waals surface area contributed by atoms with Gasteiger partial charge in [0.15, 0.2) is 5.13 Å². The summed E-state index contributed by atoms with van der Waals surface area (Å²) in [5.74, 6) is -1.53. The molecule has 1 aromatic heterocycles. The minimum absolute atomic E-state index is 0.00370. The Morgan fingerprint density at radius 1 is 1.12 bits per heavy atom. The van der Waals surface area contributed by atoms with Gasteiger partial charge < -0.3 is 15.4 Å². The van der Waals surface area contributed by atoms with Crippen LogP contribution in [0, 0.1) is 34.4 Å². The van der Waals surface area contributed by atoms with Gasteiger partial charge in [0.25, 0.3) is 5.91 Å². The van der Waals surface area contributed by atoms with E-state index in [2.05, 4.69) is 27.8 Å². The third-order valence-corrected chi connectivity index (χ3v) is 8.20. The number of carbonyl (C=O) groups excluding carboxylic acids is 2. The summed E-state index contributed by atoms with van der Waals surface area (Å²) in [7, 11) is 0. The Morgan fingerprint density at radius 2 is 1.88 bits per heavy atom. The number of halogens is 3. The lowest BCUT2D eigenvalue weighted by molar-refractivity contribution is -0.117. The van der Waals surface area contributed by atoms with Gasteiger partial charge in [-0.1, -0.05) is 46.7 Å². The van der Waals surface area contributed by atoms with Crippen molar-refractivity contribution < 1.29 is 18.7 Å². The van der Waals surface area contributed by atoms with E-state index in [-0.39, 0.29) is 50.2 Å². The maximum Gasteiger partial charge on any atom is 0.257 e. The zero-order valence-electron chi connectivity index (χ0n) is 21.6. The molecule has 8 nitrogen and oxygen atoms in total. The van der Waals surface area contributed by atoms with Gasteiger partial charge in [-0.25, -0.2) is 9.37 Å². The van der Waals surface area contributed by atoms with E-state index in [4.69, 9.17) is 27.9 Å². The minimum atomic E-state index is -0.957. The highest BCUT2D eigenvalue weighted by Crippen LogP contribution is 2.40. The molecule has 2 N–H and O–H groups in total. The Balaban J connectivity index is 1.43. The number of hydrogen-bond donors (Lipinski definition) is 2. The van der Waals surface area contributed by atoms with Crippen LogP contribution in [-0.2, 0) is 10.2 Å². The van der Waals surface area contributed by atoms with Gasteiger partial charge in [-0.2, -0.15) is 10.5 Å². The van der Waals surface area contributed by atoms with Crippen molar-refractivity contribution in [2.75, 3.05) is 10.6 Å². The highest BCUT2D eigenvalue weighted by atomic mass is 35.5. The van der Waals surface area contributed by atoms with Crippen LogP contribution in [0.2, 0.25) is 10.0 Å². The maximum absolute atomic E-state index is 14.9. The van der Waals surface area contributed by atoms with Crippen molar-refractivity contribution in [3.8, 4) is 23.6 Å². The van der Waals surface area contributed by atoms with E-state index in [1.807, 2.05) is 0 Å². The fourth-order valence-corrected chi connectivity index (χ4v) is 5.63. The number of nitrogens with zero attached hydrogens (tertiary/aromatic N) is 3. The Bertz CT molecular complexity index is 1820. The second-order valence-electron chi connectivity index (χ2n) is 9.90. The van der Waals surface area contributed by atoms with Crippen molar-refractivity contribution >= 4 is 67.4 Å². The third-order valence-electron chi connectivity index (χ3n) is 6.50. The largest absolute Gasteiger partial charge is 0.454 e. The number of anilines is 2. The summed E-state index contributed by atoms with van der Waals surface area (Å²) in [5.41, 5.74) is -0.0357. The Labute approximate surface area is 248 Å². The fraction of sp³-hybridized carbons (Fsp3) is 0.207. The molecular weight excluding hydrogens is 588 g/mol. The number of amides is 2. The van der Waals surface area contributed by atoms with E-state index in [1.54, 1.807) is 32.0 Å². The van der Waals surface area contributed by atoms with Gasteiger partial charge >= 0.3 is 0 Å². The third kappa shape index (κ3) is 5.68. The van der Waals surface area contributed by atoms with E-state index < -0.39 is 17.1 Å². The number of benzene rings is 3. The summed E-state index contributed by atoms with van der Waals surface area (Å²) in [4.78, 5) is 29.6. The van der Waals surface area contributed by atoms with Gasteiger partial charge in [-0.05, 0) is 56.5 Å². The molecular formula is C29H20Cl2FN5O3S. The normalized spacial score (nSPS) is 12.9. The quantitative estimate of drug-likeness (QED) is 0.220. The molecule has 206 valence electrons. The van der Waals surface area contributed by atoms with Crippen LogP contribution in [0.15, 0.2) is 42.5 Å². The van der Waals surface area contributed by atoms with Gasteiger partial charge in [-0.15, -0.1) is 0 Å². The van der Waals surface area contributed by atoms with Gasteiger partial charge in [0.2, 0.25) is 5.91 Å². The van der Waals surface area contributed by atoms with Gasteiger partial charge in [-0.3, -0.25) is 9.59 Å². The van der Waals surface area contributed by atoms with E-state index in [0.29, 0.717) is 20.9 Å². The average Bonchev–Trinajstić information content (AvgIpc) is 3.71. The van der Waals surface area contributed by atoms with E-state index in [0.717, 1.165) is 30.2 Å². The van der Waals surface area contributed by atoms with Crippen molar-refractivity contribution in [1.29, 1.82) is 10.5 Å². The number of ether oxygens (including phenoxy) is 1. The number of nitriles is 2. The molecule has 0 saturated heterocycles. The van der Waals surface area contributed by atoms with Crippen LogP contribution in [0.5, 0.6) is 11.5 Å². The number of fused-ring (bicyclic) bond motifs is 1. The second kappa shape index (κ2) is 11.0. The van der Waals surface area contributed by atoms with E-state index >= 15 is 0 Å². The molecule has 3 aromatic carbocycles. The first kappa shape index (κ1) is 28.3. The maximum atomic E-state index is 14.9. The first-order valence-electron chi connectivity index (χ1n) is 12.4. The highest BCUT2D eigenvalue weighted by molar-refractivity contribution is 7.22. The average molecular weight is 608 g/mol. The lowest BCUT2D eigenvalue weighted by Gasteiger charge is -2.19. The topological polar surface area (TPSA) is 128 Å². The summed E-state index contributed by atoms with van der Waals surface area (Å²) in [6.45, 7) is 3.34. The Morgan fingerprint density at radius 3 is 2.56 bits per heavy atom. The molecule has 0 unspecified atom stereocenters. The Hall–Kier alpha value is -4.22. The zero-order chi connectivity index (χ0) is 29.5. The molecule has 0 spiro atoms. The second-order valence-corrected chi connectivity index (χ2v) is 11.7. The summed E-state index contributed by atoms with van der Waals surface area (Å²) in [5, 5.41) is 25.0. The first-order valence-corrected chi connectivity index (χ1v) is 13.9. The van der Waals surface area contributed by atoms with Gasteiger partial charge in [0.05, 0.1) is 43.0 Å². The summed E-state index contributed by atoms with van der Waals surface area (Å²) >= 11 is 13.9. The van der Waals surface area contributed by atoms with Crippen LogP contribution in [0.1, 0.15) is 48.2 Å². The van der Waals surface area contributed by atoms with Crippen molar-refractivity contribution in [3.63, 3.8) is 0 Å². The van der Waals surface area contributed by atoms with E-state index in [1.165, 1.54) is 18.2 Å². The highest BCUT2D eigenvalue weighted by Gasteiger charge is 2.30. The molecule has 12 heteroatoms. The summed E-state index contributed by atoms with van der Waals surface area (Å²) < 4.78 is 21.3. The van der Waals surface area contributed by atoms with Crippen LogP contribution < -0.4 is 15.4 Å². The molecule has 5 rings (SSSR count). The molecule has 1 saturated carbocycles. The molecule has 1 aliphatic carbocycles. The standard InChI is InChI=1S/C29H20Cl2FN5O3S/c1-29(2,13-34)17-5-3-4-15(24(17)31)27(39)35-21-11-23(18(30)10-19(21)32)40-22-9-8-20-25(16(22)12-33)41-28(36-20)37-26(38)14-6-7-14/h3-5,8-11,14H,6-7H2,1-2H3,(H,35,39)(H,36,37,38). The van der Waals surface area contributed by atoms with E-state index in [9.17, 15) is 24.5 Å². The van der Waals surface area contributed by atoms with Crippen molar-refractivity contribution in [1.82, 2.24) is 4.98 Å². The van der Waals surface area contributed by atoms with Crippen molar-refractivity contribution in [2.24, 2.45) is 5.92 Å². The number of nitrogens with one attached hydrogen (secondary N) is 2. The fourth-order valence-electron chi connectivity index (χ4n) is 4.03. The SMILES string of the molecule is CC(C)(C#N)c1cccc(C(=O)Nc2cc(Oc3ccc4nc(NC(=O)C5CC5)sc4c3C#N)c(Cl)cc2F)c1Cl. The van der Waals surface area contributed by atoms with Gasteiger partial charge in [0, 0.05) is 12.0 Å². The van der Waals surface area contributed by atoms with Crippen LogP contribution >= 0.6 is 34.5 Å². The number of thiazole rings is 1. The number of aromatic nitrogens is 1.